The Morgan fingerprint density at radius 2 is 0.720 bits per heavy atom. The largest absolute Gasteiger partial charge is 0.416 e. The van der Waals surface area contributed by atoms with Gasteiger partial charge in [0.1, 0.15) is 0 Å². The van der Waals surface area contributed by atoms with Gasteiger partial charge in [0.15, 0.2) is 0 Å². The van der Waals surface area contributed by atoms with Crippen LogP contribution < -0.4 is 0 Å². The molecule has 11 aromatic carbocycles. The molecule has 13 aromatic rings. The summed E-state index contributed by atoms with van der Waals surface area (Å²) in [6.45, 7) is 1.73. The lowest BCUT2D eigenvalue weighted by atomic mass is 9.92. The zero-order valence-corrected chi connectivity index (χ0v) is 40.6. The van der Waals surface area contributed by atoms with Crippen LogP contribution in [0.1, 0.15) is 16.7 Å². The van der Waals surface area contributed by atoms with Crippen molar-refractivity contribution in [2.24, 2.45) is 0 Å². The van der Waals surface area contributed by atoms with Crippen molar-refractivity contribution in [2.45, 2.75) is 13.1 Å². The Hall–Kier alpha value is -9.70. The minimum absolute atomic E-state index is 0.487. The van der Waals surface area contributed by atoms with E-state index >= 15 is 0 Å². The number of hydrogen-bond acceptors (Lipinski definition) is 1. The second kappa shape index (κ2) is 18.1. The first-order valence-corrected chi connectivity index (χ1v) is 24.9. The number of aryl methyl sites for hydroxylation is 1. The highest BCUT2D eigenvalue weighted by atomic mass is 19.4. The van der Waals surface area contributed by atoms with Crippen LogP contribution in [0.15, 0.2) is 249 Å². The predicted molar refractivity (Wildman–Crippen MR) is 302 cm³/mol. The third-order valence-corrected chi connectivity index (χ3v) is 14.7. The molecule has 0 bridgehead atoms. The van der Waals surface area contributed by atoms with Crippen molar-refractivity contribution >= 4 is 43.6 Å². The molecule has 6 heteroatoms. The van der Waals surface area contributed by atoms with Gasteiger partial charge in [-0.3, -0.25) is 0 Å². The Bertz CT molecular complexity index is 4200. The van der Waals surface area contributed by atoms with Crippen LogP contribution in [0.2, 0.25) is 0 Å². The van der Waals surface area contributed by atoms with Crippen LogP contribution in [-0.2, 0) is 6.18 Å². The van der Waals surface area contributed by atoms with Gasteiger partial charge >= 0.3 is 6.18 Å². The van der Waals surface area contributed by atoms with Crippen molar-refractivity contribution in [1.29, 1.82) is 5.26 Å². The minimum Gasteiger partial charge on any atom is -0.309 e. The fraction of sp³-hybridized carbons (Fsp3) is 0.0290. The van der Waals surface area contributed by atoms with Crippen LogP contribution in [0.4, 0.5) is 13.2 Å². The minimum atomic E-state index is -4.49. The summed E-state index contributed by atoms with van der Waals surface area (Å²) in [7, 11) is 0. The topological polar surface area (TPSA) is 33.6 Å². The molecule has 0 aliphatic rings. The standard InChI is InChI=1S/C69H44F3N3/c1-44-36-55(69(70,71)72)28-30-56(44)54-27-35-63(74-64-31-23-50(46-14-6-2-7-15-46)38-59(64)60-39-51(24-32-65(60)74)47-16-8-3-9-17-47)58(42-54)57-29-22-45(43-73)37-68(57)75-66-33-25-52(48-18-10-4-11-19-48)40-61(66)62-41-53(26-34-67(62)75)49-20-12-5-13-21-49/h2-42H,1H3. The summed E-state index contributed by atoms with van der Waals surface area (Å²) in [5, 5.41) is 14.9. The third kappa shape index (κ3) is 7.94. The Labute approximate surface area is 431 Å². The highest BCUT2D eigenvalue weighted by molar-refractivity contribution is 6.14. The average Bonchev–Trinajstić information content (AvgIpc) is 4.05. The fourth-order valence-electron chi connectivity index (χ4n) is 11.1. The van der Waals surface area contributed by atoms with E-state index in [9.17, 15) is 18.4 Å². The van der Waals surface area contributed by atoms with Gasteiger partial charge in [0, 0.05) is 32.7 Å². The molecule has 356 valence electrons. The molecule has 0 saturated heterocycles. The molecule has 0 atom stereocenters. The maximum absolute atomic E-state index is 14.1. The molecule has 0 aliphatic carbocycles. The van der Waals surface area contributed by atoms with Gasteiger partial charge in [-0.25, -0.2) is 0 Å². The molecule has 75 heavy (non-hydrogen) atoms. The van der Waals surface area contributed by atoms with Crippen molar-refractivity contribution in [3.8, 4) is 84.2 Å². The molecule has 0 amide bonds. The van der Waals surface area contributed by atoms with Crippen molar-refractivity contribution in [2.75, 3.05) is 0 Å². The Balaban J connectivity index is 1.12. The van der Waals surface area contributed by atoms with Crippen molar-refractivity contribution in [1.82, 2.24) is 9.13 Å². The molecule has 0 spiro atoms. The number of hydrogen-bond donors (Lipinski definition) is 0. The van der Waals surface area contributed by atoms with Crippen LogP contribution in [0.25, 0.3) is 122 Å². The lowest BCUT2D eigenvalue weighted by Crippen LogP contribution is -2.05. The van der Waals surface area contributed by atoms with Gasteiger partial charge < -0.3 is 9.13 Å². The SMILES string of the molecule is Cc1cc(C(F)(F)F)ccc1-c1ccc(-n2c3ccc(-c4ccccc4)cc3c3cc(-c4ccccc4)ccc32)c(-c2ccc(C#N)cc2-n2c3ccc(-c4ccccc4)cc3c3cc(-c4ccccc4)ccc32)c1. The normalized spacial score (nSPS) is 11.7. The molecular weight excluding hydrogens is 928 g/mol. The summed E-state index contributed by atoms with van der Waals surface area (Å²) in [5.41, 5.74) is 17.7. The highest BCUT2D eigenvalue weighted by Crippen LogP contribution is 2.45. The zero-order chi connectivity index (χ0) is 50.8. The lowest BCUT2D eigenvalue weighted by Gasteiger charge is -2.21. The number of benzene rings is 11. The number of aromatic nitrogens is 2. The van der Waals surface area contributed by atoms with Crippen molar-refractivity contribution in [3.05, 3.63) is 265 Å². The molecule has 0 saturated carbocycles. The Morgan fingerprint density at radius 3 is 1.11 bits per heavy atom. The van der Waals surface area contributed by atoms with Crippen LogP contribution in [0.3, 0.4) is 0 Å². The number of halogens is 3. The van der Waals surface area contributed by atoms with Gasteiger partial charge in [0.05, 0.1) is 50.6 Å². The van der Waals surface area contributed by atoms with Crippen LogP contribution in [-0.4, -0.2) is 9.13 Å². The van der Waals surface area contributed by atoms with Gasteiger partial charge in [-0.05, 0) is 153 Å². The summed E-state index contributed by atoms with van der Waals surface area (Å²) in [4.78, 5) is 0. The third-order valence-electron chi connectivity index (χ3n) is 14.7. The van der Waals surface area contributed by atoms with E-state index in [1.165, 1.54) is 6.07 Å². The highest BCUT2D eigenvalue weighted by Gasteiger charge is 2.31. The van der Waals surface area contributed by atoms with Gasteiger partial charge in [-0.1, -0.05) is 164 Å². The lowest BCUT2D eigenvalue weighted by molar-refractivity contribution is -0.137. The molecule has 0 radical (unpaired) electrons. The van der Waals surface area contributed by atoms with Crippen molar-refractivity contribution in [3.63, 3.8) is 0 Å². The van der Waals surface area contributed by atoms with Crippen LogP contribution >= 0.6 is 0 Å². The summed E-state index contributed by atoms with van der Waals surface area (Å²) < 4.78 is 47.0. The van der Waals surface area contributed by atoms with E-state index < -0.39 is 11.7 Å². The van der Waals surface area contributed by atoms with E-state index in [2.05, 4.69) is 197 Å². The van der Waals surface area contributed by atoms with E-state index in [1.54, 1.807) is 13.0 Å². The number of nitriles is 1. The first-order valence-electron chi connectivity index (χ1n) is 24.9. The molecular formula is C69H44F3N3. The maximum atomic E-state index is 14.1. The van der Waals surface area contributed by atoms with Crippen molar-refractivity contribution < 1.29 is 13.2 Å². The van der Waals surface area contributed by atoms with Crippen LogP contribution in [0.5, 0.6) is 0 Å². The number of alkyl halides is 3. The molecule has 3 nitrogen and oxygen atoms in total. The smallest absolute Gasteiger partial charge is 0.309 e. The van der Waals surface area contributed by atoms with E-state index in [1.807, 2.05) is 48.5 Å². The Morgan fingerprint density at radius 1 is 0.333 bits per heavy atom. The fourth-order valence-corrected chi connectivity index (χ4v) is 11.1. The summed E-state index contributed by atoms with van der Waals surface area (Å²) in [6.07, 6.45) is -4.49. The van der Waals surface area contributed by atoms with Crippen LogP contribution in [0, 0.1) is 18.3 Å². The summed E-state index contributed by atoms with van der Waals surface area (Å²) in [5.74, 6) is 0. The Kier molecular flexibility index (Phi) is 10.9. The molecule has 0 unspecified atom stereocenters. The predicted octanol–water partition coefficient (Wildman–Crippen LogP) is 19.1. The first-order chi connectivity index (χ1) is 36.7. The first kappa shape index (κ1) is 45.2. The van der Waals surface area contributed by atoms with E-state index in [-0.39, 0.29) is 0 Å². The van der Waals surface area contributed by atoms with E-state index in [4.69, 9.17) is 0 Å². The van der Waals surface area contributed by atoms with Gasteiger partial charge in [0.2, 0.25) is 0 Å². The second-order valence-electron chi connectivity index (χ2n) is 19.2. The average molecular weight is 972 g/mol. The van der Waals surface area contributed by atoms with Gasteiger partial charge in [0.25, 0.3) is 0 Å². The van der Waals surface area contributed by atoms with E-state index in [0.717, 1.165) is 122 Å². The number of rotatable bonds is 8. The molecule has 0 fully saturated rings. The van der Waals surface area contributed by atoms with Gasteiger partial charge in [-0.2, -0.15) is 18.4 Å². The second-order valence-corrected chi connectivity index (χ2v) is 19.2. The quantitative estimate of drug-likeness (QED) is 0.149. The number of fused-ring (bicyclic) bond motifs is 6. The summed E-state index contributed by atoms with van der Waals surface area (Å²) in [6, 6.07) is 86.5. The number of nitrogens with zero attached hydrogens (tertiary/aromatic N) is 3. The molecule has 0 aliphatic heterocycles. The molecule has 13 rings (SSSR count). The molecule has 2 heterocycles. The van der Waals surface area contributed by atoms with Gasteiger partial charge in [-0.15, -0.1) is 0 Å². The zero-order valence-electron chi connectivity index (χ0n) is 40.6. The monoisotopic (exact) mass is 971 g/mol. The van der Waals surface area contributed by atoms with E-state index in [0.29, 0.717) is 16.7 Å². The molecule has 0 N–H and O–H groups in total. The maximum Gasteiger partial charge on any atom is 0.416 e. The molecule has 2 aromatic heterocycles. The summed E-state index contributed by atoms with van der Waals surface area (Å²) >= 11 is 0.